The molecule has 1 aliphatic rings. The Morgan fingerprint density at radius 3 is 1.42 bits per heavy atom. The fourth-order valence-electron chi connectivity index (χ4n) is 4.39. The van der Waals surface area contributed by atoms with E-state index in [0.29, 0.717) is 0 Å². The largest absolute Gasteiger partial charge is 0.270 e. The summed E-state index contributed by atoms with van der Waals surface area (Å²) in [5.41, 5.74) is 1.27. The van der Waals surface area contributed by atoms with Crippen molar-refractivity contribution in [3.05, 3.63) is 48.2 Å². The SMILES string of the molecule is CC(C)(C)P(=NC1=CC=CC1)(C(C)(C)C)C(C)(C)C.CC=CC=CC.[Ti]. The third kappa shape index (κ3) is 7.14. The second-order valence-electron chi connectivity index (χ2n) is 9.59. The maximum atomic E-state index is 5.43. The summed E-state index contributed by atoms with van der Waals surface area (Å²) in [5.74, 6) is 0. The van der Waals surface area contributed by atoms with Gasteiger partial charge in [0.25, 0.3) is 0 Å². The van der Waals surface area contributed by atoms with Crippen molar-refractivity contribution in [2.75, 3.05) is 0 Å². The number of rotatable bonds is 2. The first-order chi connectivity index (χ1) is 11.2. The Kier molecular flexibility index (Phi) is 11.9. The summed E-state index contributed by atoms with van der Waals surface area (Å²) in [6.07, 6.45) is 15.5. The van der Waals surface area contributed by atoms with Crippen LogP contribution in [0, 0.1) is 0 Å². The smallest absolute Gasteiger partial charge is 0.0425 e. The average molecular weight is 411 g/mol. The Balaban J connectivity index is 0. The van der Waals surface area contributed by atoms with Crippen LogP contribution in [0.15, 0.2) is 53.0 Å². The van der Waals surface area contributed by atoms with Crippen molar-refractivity contribution in [2.45, 2.75) is 98.1 Å². The molecule has 0 bridgehead atoms. The van der Waals surface area contributed by atoms with Crippen LogP contribution in [-0.2, 0) is 21.7 Å². The molecule has 0 unspecified atom stereocenters. The van der Waals surface area contributed by atoms with E-state index >= 15 is 0 Å². The third-order valence-corrected chi connectivity index (χ3v) is 10.8. The predicted molar refractivity (Wildman–Crippen MR) is 120 cm³/mol. The van der Waals surface area contributed by atoms with Crippen LogP contribution < -0.4 is 0 Å². The van der Waals surface area contributed by atoms with Crippen LogP contribution in [-0.4, -0.2) is 15.5 Å². The van der Waals surface area contributed by atoms with Crippen molar-refractivity contribution in [3.8, 4) is 0 Å². The van der Waals surface area contributed by atoms with Crippen LogP contribution in [0.4, 0.5) is 0 Å². The van der Waals surface area contributed by atoms with E-state index in [-0.39, 0.29) is 37.2 Å². The first-order valence-electron chi connectivity index (χ1n) is 9.47. The first kappa shape index (κ1) is 28.1. The van der Waals surface area contributed by atoms with Crippen molar-refractivity contribution < 1.29 is 21.7 Å². The van der Waals surface area contributed by atoms with E-state index in [0.717, 1.165) is 6.42 Å². The molecule has 1 rings (SSSR count). The Bertz CT molecular complexity index is 532. The van der Waals surface area contributed by atoms with Crippen LogP contribution in [0.3, 0.4) is 0 Å². The van der Waals surface area contributed by atoms with Gasteiger partial charge in [-0.15, -0.1) is 0 Å². The molecule has 0 saturated heterocycles. The maximum absolute atomic E-state index is 5.43. The number of hydrogen-bond acceptors (Lipinski definition) is 1. The van der Waals surface area contributed by atoms with Gasteiger partial charge < -0.3 is 0 Å². The molecule has 0 aromatic carbocycles. The molecule has 0 heterocycles. The Morgan fingerprint density at radius 1 is 0.808 bits per heavy atom. The fourth-order valence-corrected chi connectivity index (χ4v) is 11.9. The molecular weight excluding hydrogens is 369 g/mol. The maximum Gasteiger partial charge on any atom is 0.0425 e. The fraction of sp³-hybridized carbons (Fsp3) is 0.652. The summed E-state index contributed by atoms with van der Waals surface area (Å²) in [4.78, 5) is 0. The molecule has 0 fully saturated rings. The van der Waals surface area contributed by atoms with Gasteiger partial charge in [-0.2, -0.15) is 0 Å². The molecule has 26 heavy (non-hydrogen) atoms. The molecule has 0 aliphatic heterocycles. The van der Waals surface area contributed by atoms with Crippen molar-refractivity contribution in [2.24, 2.45) is 4.74 Å². The van der Waals surface area contributed by atoms with Gasteiger partial charge in [0.2, 0.25) is 0 Å². The van der Waals surface area contributed by atoms with E-state index in [9.17, 15) is 0 Å². The molecule has 3 heteroatoms. The molecule has 0 saturated carbocycles. The van der Waals surface area contributed by atoms with Crippen molar-refractivity contribution in [1.29, 1.82) is 0 Å². The zero-order chi connectivity index (χ0) is 19.9. The topological polar surface area (TPSA) is 12.4 Å². The molecular formula is C23H42NPTi. The van der Waals surface area contributed by atoms with Crippen LogP contribution in [0.1, 0.15) is 82.6 Å². The number of hydrogen-bond donors (Lipinski definition) is 0. The summed E-state index contributed by atoms with van der Waals surface area (Å²) in [5, 5.41) is 0.646. The molecule has 0 amide bonds. The van der Waals surface area contributed by atoms with Crippen LogP contribution in [0.2, 0.25) is 0 Å². The Labute approximate surface area is 179 Å². The van der Waals surface area contributed by atoms with E-state index in [4.69, 9.17) is 4.74 Å². The minimum atomic E-state index is -1.58. The summed E-state index contributed by atoms with van der Waals surface area (Å²) >= 11 is 0. The van der Waals surface area contributed by atoms with Gasteiger partial charge in [0, 0.05) is 33.8 Å². The van der Waals surface area contributed by atoms with Gasteiger partial charge in [-0.25, -0.2) is 0 Å². The quantitative estimate of drug-likeness (QED) is 0.245. The van der Waals surface area contributed by atoms with Gasteiger partial charge >= 0.3 is 0 Å². The zero-order valence-corrected chi connectivity index (χ0v) is 21.6. The summed E-state index contributed by atoms with van der Waals surface area (Å²) in [7, 11) is -1.58. The van der Waals surface area contributed by atoms with Crippen molar-refractivity contribution in [3.63, 3.8) is 0 Å². The summed E-state index contributed by atoms with van der Waals surface area (Å²) < 4.78 is 5.43. The normalized spacial score (nSPS) is 15.6. The second kappa shape index (κ2) is 11.0. The van der Waals surface area contributed by atoms with E-state index < -0.39 is 7.05 Å². The van der Waals surface area contributed by atoms with E-state index in [1.807, 2.05) is 38.2 Å². The van der Waals surface area contributed by atoms with Gasteiger partial charge in [0.15, 0.2) is 0 Å². The van der Waals surface area contributed by atoms with E-state index in [1.165, 1.54) is 5.70 Å². The minimum Gasteiger partial charge on any atom is -0.270 e. The molecule has 0 N–H and O–H groups in total. The van der Waals surface area contributed by atoms with E-state index in [1.54, 1.807) is 0 Å². The molecule has 0 atom stereocenters. The number of nitrogens with zero attached hydrogens (tertiary/aromatic N) is 1. The van der Waals surface area contributed by atoms with Gasteiger partial charge in [-0.05, 0) is 42.4 Å². The van der Waals surface area contributed by atoms with Crippen LogP contribution in [0.25, 0.3) is 0 Å². The summed E-state index contributed by atoms with van der Waals surface area (Å²) in [6, 6.07) is 0. The predicted octanol–water partition coefficient (Wildman–Crippen LogP) is 8.56. The average Bonchev–Trinajstić information content (AvgIpc) is 2.92. The molecule has 0 aromatic rings. The Morgan fingerprint density at radius 2 is 1.19 bits per heavy atom. The monoisotopic (exact) mass is 411 g/mol. The molecule has 0 radical (unpaired) electrons. The summed E-state index contributed by atoms with van der Waals surface area (Å²) in [6.45, 7) is 25.4. The van der Waals surface area contributed by atoms with Crippen molar-refractivity contribution in [1.82, 2.24) is 0 Å². The minimum absolute atomic E-state index is 0. The molecule has 148 valence electrons. The van der Waals surface area contributed by atoms with Gasteiger partial charge in [0.05, 0.1) is 0 Å². The molecule has 0 aromatic heterocycles. The molecule has 1 aliphatic carbocycles. The van der Waals surface area contributed by atoms with Crippen LogP contribution in [0.5, 0.6) is 0 Å². The van der Waals surface area contributed by atoms with Crippen LogP contribution >= 0.6 is 7.05 Å². The standard InChI is InChI=1S/C17H32NP.C6H10.Ti/c1-15(2,3)19(16(4,5)6,17(7,8)9)18-14-12-10-11-13-14;1-3-5-6-4-2;/h10-12H,13H2,1-9H3;3-6H,1-2H3;. The zero-order valence-electron chi connectivity index (χ0n) is 19.1. The first-order valence-corrected chi connectivity index (χ1v) is 11.2. The van der Waals surface area contributed by atoms with Gasteiger partial charge in [-0.3, -0.25) is 4.74 Å². The Hall–Kier alpha value is -0.0957. The number of allylic oxidation sites excluding steroid dienone is 7. The van der Waals surface area contributed by atoms with Gasteiger partial charge in [0.1, 0.15) is 0 Å². The van der Waals surface area contributed by atoms with E-state index in [2.05, 4.69) is 80.5 Å². The van der Waals surface area contributed by atoms with Gasteiger partial charge in [-0.1, -0.05) is 98.8 Å². The molecule has 0 spiro atoms. The molecule has 1 nitrogen and oxygen atoms in total. The second-order valence-corrected chi connectivity index (χ2v) is 15.1. The van der Waals surface area contributed by atoms with Crippen molar-refractivity contribution >= 4 is 7.05 Å². The third-order valence-electron chi connectivity index (χ3n) is 4.44.